The van der Waals surface area contributed by atoms with Crippen LogP contribution >= 0.6 is 11.8 Å². The van der Waals surface area contributed by atoms with Crippen molar-refractivity contribution in [2.75, 3.05) is 31.9 Å². The van der Waals surface area contributed by atoms with E-state index in [1.165, 1.54) is 17.8 Å². The smallest absolute Gasteiger partial charge is 0.407 e. The molecule has 49 heavy (non-hydrogen) atoms. The molecule has 2 rings (SSSR count). The van der Waals surface area contributed by atoms with E-state index < -0.39 is 58.5 Å². The fraction of sp³-hybridized carbons (Fsp3) is 0.583. The second kappa shape index (κ2) is 19.1. The Kier molecular flexibility index (Phi) is 16.3. The summed E-state index contributed by atoms with van der Waals surface area (Å²) in [4.78, 5) is 37.7. The van der Waals surface area contributed by atoms with Gasteiger partial charge in [-0.25, -0.2) is 18.4 Å². The Morgan fingerprint density at radius 1 is 0.837 bits per heavy atom. The zero-order valence-corrected chi connectivity index (χ0v) is 30.8. The molecular weight excluding hydrogens is 654 g/mol. The minimum Gasteiger partial charge on any atom is -0.444 e. The summed E-state index contributed by atoms with van der Waals surface area (Å²) in [5.74, 6) is -1.14. The molecule has 2 aromatic carbocycles. The highest BCUT2D eigenvalue weighted by molar-refractivity contribution is 7.99. The fourth-order valence-corrected chi connectivity index (χ4v) is 5.73. The summed E-state index contributed by atoms with van der Waals surface area (Å²) in [7, 11) is 0. The Morgan fingerprint density at radius 3 is 2.10 bits per heavy atom. The lowest BCUT2D eigenvalue weighted by Gasteiger charge is -2.29. The van der Waals surface area contributed by atoms with Crippen LogP contribution in [0.5, 0.6) is 0 Å². The van der Waals surface area contributed by atoms with Gasteiger partial charge in [0.05, 0.1) is 6.04 Å². The van der Waals surface area contributed by atoms with Gasteiger partial charge in [0.2, 0.25) is 0 Å². The minimum atomic E-state index is -1.55. The van der Waals surface area contributed by atoms with Gasteiger partial charge < -0.3 is 35.8 Å². The first kappa shape index (κ1) is 41.7. The number of amides is 3. The zero-order valence-electron chi connectivity index (χ0n) is 30.0. The number of ether oxygens (including phenoxy) is 2. The molecule has 0 aromatic heterocycles. The van der Waals surface area contributed by atoms with Gasteiger partial charge in [-0.1, -0.05) is 44.2 Å². The molecular formula is C36H54F2N4O6S. The Hall–Kier alpha value is -3.42. The number of thioether (sulfide) groups is 1. The van der Waals surface area contributed by atoms with Crippen LogP contribution in [0.2, 0.25) is 0 Å². The van der Waals surface area contributed by atoms with Crippen LogP contribution in [0.1, 0.15) is 66.5 Å². The average Bonchev–Trinajstić information content (AvgIpc) is 2.97. The molecule has 0 heterocycles. The Balaban J connectivity index is 1.98. The molecule has 1 unspecified atom stereocenters. The highest BCUT2D eigenvalue weighted by Crippen LogP contribution is 2.20. The Morgan fingerprint density at radius 2 is 1.47 bits per heavy atom. The van der Waals surface area contributed by atoms with Crippen LogP contribution in [0.15, 0.2) is 48.5 Å². The Labute approximate surface area is 293 Å². The SMILES string of the molecule is CC(C)(CNCC(Cc1cc(F)ccc1F)SCCNC(=O)OC(C)(C)C)CNC(=O)[C@@H](O)[C@@H](Cc1ccccc1)NC(=O)OC(C)(C)C. The van der Waals surface area contributed by atoms with Crippen LogP contribution in [-0.4, -0.2) is 83.7 Å². The number of carbonyl (C=O) groups excluding carboxylic acids is 3. The van der Waals surface area contributed by atoms with E-state index in [1.54, 1.807) is 41.5 Å². The molecule has 0 aliphatic heterocycles. The first-order valence-corrected chi connectivity index (χ1v) is 17.5. The molecule has 10 nitrogen and oxygen atoms in total. The van der Waals surface area contributed by atoms with Gasteiger partial charge in [-0.2, -0.15) is 11.8 Å². The normalized spacial score (nSPS) is 13.9. The van der Waals surface area contributed by atoms with E-state index in [-0.39, 0.29) is 30.2 Å². The number of halogens is 2. The van der Waals surface area contributed by atoms with Crippen molar-refractivity contribution in [1.82, 2.24) is 21.3 Å². The molecule has 0 aliphatic carbocycles. The molecule has 0 fully saturated rings. The van der Waals surface area contributed by atoms with Gasteiger partial charge in [0.1, 0.15) is 22.8 Å². The predicted molar refractivity (Wildman–Crippen MR) is 190 cm³/mol. The summed E-state index contributed by atoms with van der Waals surface area (Å²) in [6, 6.07) is 11.6. The molecule has 3 amide bonds. The van der Waals surface area contributed by atoms with Crippen LogP contribution in [0.25, 0.3) is 0 Å². The van der Waals surface area contributed by atoms with E-state index in [9.17, 15) is 28.3 Å². The molecule has 0 spiro atoms. The lowest BCUT2D eigenvalue weighted by molar-refractivity contribution is -0.131. The second-order valence-corrected chi connectivity index (χ2v) is 16.2. The molecule has 0 radical (unpaired) electrons. The van der Waals surface area contributed by atoms with Crippen molar-refractivity contribution in [3.63, 3.8) is 0 Å². The molecule has 274 valence electrons. The molecule has 5 N–H and O–H groups in total. The van der Waals surface area contributed by atoms with Crippen LogP contribution < -0.4 is 21.3 Å². The number of rotatable bonds is 17. The molecule has 0 saturated heterocycles. The maximum absolute atomic E-state index is 14.5. The number of aliphatic hydroxyl groups is 1. The van der Waals surface area contributed by atoms with E-state index >= 15 is 0 Å². The first-order chi connectivity index (χ1) is 22.7. The largest absolute Gasteiger partial charge is 0.444 e. The van der Waals surface area contributed by atoms with Crippen molar-refractivity contribution in [2.24, 2.45) is 5.41 Å². The minimum absolute atomic E-state index is 0.165. The summed E-state index contributed by atoms with van der Waals surface area (Å²) in [6.07, 6.45) is -2.36. The molecule has 3 atom stereocenters. The third kappa shape index (κ3) is 17.7. The zero-order chi connectivity index (χ0) is 36.8. The number of benzene rings is 2. The van der Waals surface area contributed by atoms with E-state index in [0.717, 1.165) is 17.7 Å². The summed E-state index contributed by atoms with van der Waals surface area (Å²) in [5.41, 5.74) is -0.772. The summed E-state index contributed by atoms with van der Waals surface area (Å²) >= 11 is 1.51. The van der Waals surface area contributed by atoms with Crippen molar-refractivity contribution >= 4 is 29.9 Å². The topological polar surface area (TPSA) is 138 Å². The summed E-state index contributed by atoms with van der Waals surface area (Å²) in [5, 5.41) is 22.4. The highest BCUT2D eigenvalue weighted by atomic mass is 32.2. The van der Waals surface area contributed by atoms with E-state index in [2.05, 4.69) is 21.3 Å². The van der Waals surface area contributed by atoms with Gasteiger partial charge in [0.25, 0.3) is 5.91 Å². The third-order valence-electron chi connectivity index (χ3n) is 6.95. The third-order valence-corrected chi connectivity index (χ3v) is 8.19. The lowest BCUT2D eigenvalue weighted by Crippen LogP contribution is -2.54. The van der Waals surface area contributed by atoms with Crippen LogP contribution in [0.3, 0.4) is 0 Å². The van der Waals surface area contributed by atoms with Gasteiger partial charge >= 0.3 is 12.2 Å². The fourth-order valence-electron chi connectivity index (χ4n) is 4.64. The molecule has 0 saturated carbocycles. The van der Waals surface area contributed by atoms with Gasteiger partial charge in [0, 0.05) is 37.2 Å². The first-order valence-electron chi connectivity index (χ1n) is 16.5. The van der Waals surface area contributed by atoms with Gasteiger partial charge in [0.15, 0.2) is 6.10 Å². The molecule has 2 aromatic rings. The van der Waals surface area contributed by atoms with Crippen molar-refractivity contribution < 1.29 is 37.7 Å². The quantitative estimate of drug-likeness (QED) is 0.139. The van der Waals surface area contributed by atoms with E-state index in [4.69, 9.17) is 9.47 Å². The van der Waals surface area contributed by atoms with Crippen molar-refractivity contribution in [3.05, 3.63) is 71.3 Å². The molecule has 13 heteroatoms. The van der Waals surface area contributed by atoms with Crippen molar-refractivity contribution in [1.29, 1.82) is 0 Å². The van der Waals surface area contributed by atoms with Gasteiger partial charge in [-0.15, -0.1) is 0 Å². The standard InChI is InChI=1S/C36H54F2N4O6S/c1-34(2,3)47-32(45)40-16-17-49-27(20-25-19-26(37)14-15-28(25)38)21-39-22-36(7,8)23-41-31(44)30(43)29(18-24-12-10-9-11-13-24)42-33(46)48-35(4,5)6/h9-15,19,27,29-30,39,43H,16-18,20-23H2,1-8H3,(H,40,45)(H,41,44)(H,42,46)/t27?,29-,30+/m1/s1. The number of hydrogen-bond donors (Lipinski definition) is 5. The van der Waals surface area contributed by atoms with Crippen molar-refractivity contribution in [3.8, 4) is 0 Å². The molecule has 0 aliphatic rings. The monoisotopic (exact) mass is 708 g/mol. The number of aliphatic hydroxyl groups excluding tert-OH is 1. The van der Waals surface area contributed by atoms with Gasteiger partial charge in [-0.05, 0) is 89.1 Å². The van der Waals surface area contributed by atoms with Gasteiger partial charge in [-0.3, -0.25) is 4.79 Å². The second-order valence-electron chi connectivity index (χ2n) is 14.8. The number of carbonyl (C=O) groups is 3. The summed E-state index contributed by atoms with van der Waals surface area (Å²) < 4.78 is 39.0. The Bertz CT molecular complexity index is 1350. The maximum Gasteiger partial charge on any atom is 0.407 e. The lowest BCUT2D eigenvalue weighted by atomic mass is 9.93. The number of nitrogens with one attached hydrogen (secondary N) is 4. The number of alkyl carbamates (subject to hydrolysis) is 2. The van der Waals surface area contributed by atoms with Crippen LogP contribution in [0.4, 0.5) is 18.4 Å². The highest BCUT2D eigenvalue weighted by Gasteiger charge is 2.31. The van der Waals surface area contributed by atoms with Crippen LogP contribution in [0, 0.1) is 17.0 Å². The molecule has 0 bridgehead atoms. The number of hydrogen-bond acceptors (Lipinski definition) is 8. The van der Waals surface area contributed by atoms with E-state index in [1.807, 2.05) is 44.2 Å². The van der Waals surface area contributed by atoms with Crippen LogP contribution in [-0.2, 0) is 27.1 Å². The average molecular weight is 709 g/mol. The van der Waals surface area contributed by atoms with E-state index in [0.29, 0.717) is 25.4 Å². The predicted octanol–water partition coefficient (Wildman–Crippen LogP) is 5.36. The summed E-state index contributed by atoms with van der Waals surface area (Å²) in [6.45, 7) is 15.8. The maximum atomic E-state index is 14.5. The van der Waals surface area contributed by atoms with Crippen molar-refractivity contribution in [2.45, 2.75) is 96.8 Å².